The molecule has 0 unspecified atom stereocenters. The topological polar surface area (TPSA) is 59.1 Å². The van der Waals surface area contributed by atoms with Crippen molar-refractivity contribution in [3.05, 3.63) is 65.5 Å². The van der Waals surface area contributed by atoms with Crippen LogP contribution in [0.25, 0.3) is 0 Å². The van der Waals surface area contributed by atoms with E-state index in [4.69, 9.17) is 9.47 Å². The Kier molecular flexibility index (Phi) is 7.41. The quantitative estimate of drug-likeness (QED) is 0.639. The van der Waals surface area contributed by atoms with Gasteiger partial charge >= 0.3 is 0 Å². The maximum absolute atomic E-state index is 14.1. The van der Waals surface area contributed by atoms with E-state index in [2.05, 4.69) is 0 Å². The van der Waals surface area contributed by atoms with Gasteiger partial charge in [-0.2, -0.15) is 0 Å². The summed E-state index contributed by atoms with van der Waals surface area (Å²) < 4.78 is 52.8. The number of benzene rings is 2. The van der Waals surface area contributed by atoms with Crippen molar-refractivity contribution in [2.24, 2.45) is 5.41 Å². The molecular weight excluding hydrogens is 449 g/mol. The van der Waals surface area contributed by atoms with Crippen molar-refractivity contribution < 1.29 is 32.2 Å². The van der Waals surface area contributed by atoms with Crippen LogP contribution in [0.5, 0.6) is 5.75 Å². The summed E-state index contributed by atoms with van der Waals surface area (Å²) in [4.78, 5) is 29.0. The minimum absolute atomic E-state index is 0.0223. The molecule has 0 bridgehead atoms. The van der Waals surface area contributed by atoms with E-state index in [-0.39, 0.29) is 37.8 Å². The number of nitrogens with zero attached hydrogens (tertiary/aromatic N) is 2. The molecule has 0 N–H and O–H groups in total. The van der Waals surface area contributed by atoms with Gasteiger partial charge in [0.15, 0.2) is 0 Å². The van der Waals surface area contributed by atoms with Crippen molar-refractivity contribution in [1.82, 2.24) is 9.80 Å². The molecule has 2 amide bonds. The number of piperidine rings is 1. The number of hydrogen-bond acceptors (Lipinski definition) is 4. The third-order valence-electron chi connectivity index (χ3n) is 6.54. The van der Waals surface area contributed by atoms with E-state index in [1.807, 2.05) is 0 Å². The molecule has 2 aliphatic rings. The van der Waals surface area contributed by atoms with Crippen LogP contribution < -0.4 is 4.74 Å². The Morgan fingerprint density at radius 3 is 2.12 bits per heavy atom. The number of carbonyl (C=O) groups excluding carboxylic acids is 2. The average molecular weight is 476 g/mol. The molecule has 0 atom stereocenters. The Labute approximate surface area is 196 Å². The minimum atomic E-state index is -0.899. The Balaban J connectivity index is 1.47. The lowest BCUT2D eigenvalue weighted by atomic mass is 9.75. The maximum atomic E-state index is 14.1. The summed E-state index contributed by atoms with van der Waals surface area (Å²) >= 11 is 0. The second kappa shape index (κ2) is 10.5. The molecule has 2 aromatic carbocycles. The van der Waals surface area contributed by atoms with E-state index < -0.39 is 28.5 Å². The smallest absolute Gasteiger partial charge is 0.259 e. The van der Waals surface area contributed by atoms with Crippen molar-refractivity contribution in [2.75, 3.05) is 46.0 Å². The summed E-state index contributed by atoms with van der Waals surface area (Å²) in [7, 11) is 0. The summed E-state index contributed by atoms with van der Waals surface area (Å²) in [6.45, 7) is 2.68. The minimum Gasteiger partial charge on any atom is -0.493 e. The summed E-state index contributed by atoms with van der Waals surface area (Å²) in [5.41, 5.74) is -1.14. The van der Waals surface area contributed by atoms with Crippen molar-refractivity contribution in [1.29, 1.82) is 0 Å². The molecule has 2 fully saturated rings. The first-order chi connectivity index (χ1) is 16.4. The van der Waals surface area contributed by atoms with Crippen molar-refractivity contribution in [3.8, 4) is 5.75 Å². The van der Waals surface area contributed by atoms with E-state index in [0.717, 1.165) is 12.1 Å². The van der Waals surface area contributed by atoms with Gasteiger partial charge in [0.05, 0.1) is 19.8 Å². The highest BCUT2D eigenvalue weighted by Gasteiger charge is 2.40. The van der Waals surface area contributed by atoms with Gasteiger partial charge in [0.1, 0.15) is 28.8 Å². The highest BCUT2D eigenvalue weighted by molar-refractivity contribution is 5.94. The van der Waals surface area contributed by atoms with Gasteiger partial charge in [0.25, 0.3) is 5.91 Å². The number of rotatable bonds is 6. The van der Waals surface area contributed by atoms with E-state index >= 15 is 0 Å². The summed E-state index contributed by atoms with van der Waals surface area (Å²) in [5, 5.41) is 0. The molecule has 0 aliphatic carbocycles. The number of morpholine rings is 1. The first-order valence-electron chi connectivity index (χ1n) is 11.3. The monoisotopic (exact) mass is 476 g/mol. The summed E-state index contributed by atoms with van der Waals surface area (Å²) in [6, 6.07) is 8.96. The highest BCUT2D eigenvalue weighted by Crippen LogP contribution is 2.37. The average Bonchev–Trinajstić information content (AvgIpc) is 2.84. The fourth-order valence-electron chi connectivity index (χ4n) is 4.43. The van der Waals surface area contributed by atoms with E-state index in [0.29, 0.717) is 44.9 Å². The van der Waals surface area contributed by atoms with Crippen LogP contribution in [0.4, 0.5) is 13.2 Å². The van der Waals surface area contributed by atoms with Crippen LogP contribution in [-0.2, 0) is 9.53 Å². The molecule has 4 rings (SSSR count). The molecule has 0 aromatic heterocycles. The zero-order valence-corrected chi connectivity index (χ0v) is 18.8. The SMILES string of the molecule is O=C(CC1(COc2ccc(F)cc2)CCN(C(=O)c2c(F)cccc2F)CC1)N1CCOCC1. The van der Waals surface area contributed by atoms with Gasteiger partial charge in [-0.15, -0.1) is 0 Å². The number of ether oxygens (including phenoxy) is 2. The predicted molar refractivity (Wildman–Crippen MR) is 118 cm³/mol. The number of likely N-dealkylation sites (tertiary alicyclic amines) is 1. The van der Waals surface area contributed by atoms with Crippen molar-refractivity contribution >= 4 is 11.8 Å². The van der Waals surface area contributed by atoms with Crippen LogP contribution in [0, 0.1) is 22.9 Å². The largest absolute Gasteiger partial charge is 0.493 e. The molecule has 0 radical (unpaired) electrons. The van der Waals surface area contributed by atoms with Crippen molar-refractivity contribution in [2.45, 2.75) is 19.3 Å². The lowest BCUT2D eigenvalue weighted by Crippen LogP contribution is -2.49. The third kappa shape index (κ3) is 5.52. The standard InChI is InChI=1S/C25H27F3N2O4/c26-18-4-6-19(7-5-18)34-17-25(16-22(31)29-12-14-33-15-13-29)8-10-30(11-9-25)24(32)23-20(27)2-1-3-21(23)28/h1-7H,8-17H2. The van der Waals surface area contributed by atoms with Crippen LogP contribution in [0.2, 0.25) is 0 Å². The van der Waals surface area contributed by atoms with Crippen LogP contribution in [0.15, 0.2) is 42.5 Å². The molecule has 182 valence electrons. The second-order valence-corrected chi connectivity index (χ2v) is 8.80. The van der Waals surface area contributed by atoms with E-state index in [1.165, 1.54) is 35.2 Å². The van der Waals surface area contributed by atoms with Crippen LogP contribution >= 0.6 is 0 Å². The fourth-order valence-corrected chi connectivity index (χ4v) is 4.43. The fraction of sp³-hybridized carbons (Fsp3) is 0.440. The van der Waals surface area contributed by atoms with Gasteiger partial charge in [-0.25, -0.2) is 13.2 Å². The van der Waals surface area contributed by atoms with Gasteiger partial charge in [-0.1, -0.05) is 6.07 Å². The molecule has 6 nitrogen and oxygen atoms in total. The van der Waals surface area contributed by atoms with Gasteiger partial charge in [-0.05, 0) is 49.2 Å². The lowest BCUT2D eigenvalue weighted by molar-refractivity contribution is -0.139. The zero-order valence-electron chi connectivity index (χ0n) is 18.8. The second-order valence-electron chi connectivity index (χ2n) is 8.80. The molecule has 2 heterocycles. The van der Waals surface area contributed by atoms with E-state index in [9.17, 15) is 22.8 Å². The molecule has 2 aliphatic heterocycles. The Morgan fingerprint density at radius 2 is 1.50 bits per heavy atom. The van der Waals surface area contributed by atoms with Gasteiger partial charge < -0.3 is 19.3 Å². The molecule has 2 aromatic rings. The molecule has 9 heteroatoms. The first kappa shape index (κ1) is 24.1. The third-order valence-corrected chi connectivity index (χ3v) is 6.54. The number of hydrogen-bond donors (Lipinski definition) is 0. The number of halogens is 3. The van der Waals surface area contributed by atoms with Gasteiger partial charge in [-0.3, -0.25) is 9.59 Å². The van der Waals surface area contributed by atoms with Crippen molar-refractivity contribution in [3.63, 3.8) is 0 Å². The number of amides is 2. The molecule has 2 saturated heterocycles. The molecule has 0 spiro atoms. The Morgan fingerprint density at radius 1 is 0.882 bits per heavy atom. The molecule has 34 heavy (non-hydrogen) atoms. The van der Waals surface area contributed by atoms with E-state index in [1.54, 1.807) is 4.90 Å². The Bertz CT molecular complexity index is 997. The summed E-state index contributed by atoms with van der Waals surface area (Å²) in [5.74, 6) is -2.43. The van der Waals surface area contributed by atoms with Gasteiger partial charge in [0, 0.05) is 38.0 Å². The lowest BCUT2D eigenvalue weighted by Gasteiger charge is -2.42. The van der Waals surface area contributed by atoms with Crippen LogP contribution in [-0.4, -0.2) is 67.6 Å². The maximum Gasteiger partial charge on any atom is 0.259 e. The van der Waals surface area contributed by atoms with Crippen LogP contribution in [0.3, 0.4) is 0 Å². The molecular formula is C25H27F3N2O4. The Hall–Kier alpha value is -3.07. The highest BCUT2D eigenvalue weighted by atomic mass is 19.1. The zero-order chi connectivity index (χ0) is 24.1. The first-order valence-corrected chi connectivity index (χ1v) is 11.3. The number of carbonyl (C=O) groups is 2. The normalized spacial score (nSPS) is 18.0. The molecule has 0 saturated carbocycles. The summed E-state index contributed by atoms with van der Waals surface area (Å²) in [6.07, 6.45) is 1.06. The van der Waals surface area contributed by atoms with Crippen LogP contribution in [0.1, 0.15) is 29.6 Å². The predicted octanol–water partition coefficient (Wildman–Crippen LogP) is 3.65. The van der Waals surface area contributed by atoms with Gasteiger partial charge in [0.2, 0.25) is 5.91 Å².